The third-order valence-electron chi connectivity index (χ3n) is 7.56. The number of anilines is 2. The van der Waals surface area contributed by atoms with Crippen LogP contribution in [0.3, 0.4) is 0 Å². The van der Waals surface area contributed by atoms with Crippen LogP contribution in [0, 0.1) is 11.8 Å². The van der Waals surface area contributed by atoms with Crippen molar-refractivity contribution in [3.8, 4) is 5.75 Å². The summed E-state index contributed by atoms with van der Waals surface area (Å²) in [7, 11) is 1.55. The zero-order chi connectivity index (χ0) is 25.3. The maximum absolute atomic E-state index is 14.2. The third kappa shape index (κ3) is 2.94. The van der Waals surface area contributed by atoms with Gasteiger partial charge in [0.25, 0.3) is 5.91 Å². The minimum absolute atomic E-state index is 0.321. The number of carbonyl (C=O) groups excluding carboxylic acids is 3. The number of amides is 2. The van der Waals surface area contributed by atoms with E-state index < -0.39 is 35.7 Å². The Morgan fingerprint density at radius 2 is 1.62 bits per heavy atom. The summed E-state index contributed by atoms with van der Waals surface area (Å²) in [6.45, 7) is 0. The second-order valence-electron chi connectivity index (χ2n) is 9.35. The summed E-state index contributed by atoms with van der Waals surface area (Å²) in [6.07, 6.45) is 3.88. The molecule has 2 saturated heterocycles. The van der Waals surface area contributed by atoms with Gasteiger partial charge in [0, 0.05) is 5.69 Å². The van der Waals surface area contributed by atoms with E-state index >= 15 is 0 Å². The van der Waals surface area contributed by atoms with Gasteiger partial charge in [-0.25, -0.2) is 4.90 Å². The average molecular weight is 492 g/mol. The van der Waals surface area contributed by atoms with Crippen LogP contribution >= 0.6 is 0 Å². The van der Waals surface area contributed by atoms with Crippen molar-refractivity contribution < 1.29 is 19.1 Å². The van der Waals surface area contributed by atoms with Crippen molar-refractivity contribution in [2.75, 3.05) is 16.9 Å². The Hall–Kier alpha value is -4.79. The number of methoxy groups -OCH3 is 1. The monoisotopic (exact) mass is 491 g/mol. The summed E-state index contributed by atoms with van der Waals surface area (Å²) in [5, 5.41) is 8.28. The molecule has 37 heavy (non-hydrogen) atoms. The van der Waals surface area contributed by atoms with Crippen molar-refractivity contribution in [3.05, 3.63) is 84.4 Å². The number of nitrogens with zero attached hydrogens (tertiary/aromatic N) is 5. The van der Waals surface area contributed by atoms with Crippen molar-refractivity contribution in [1.82, 2.24) is 15.0 Å². The van der Waals surface area contributed by atoms with E-state index in [-0.39, 0.29) is 5.91 Å². The SMILES string of the molecule is COc1ccc(N2C(=O)[C@@H]3[C@H](C2=O)[C@H](C(=O)n2nnc4ccccc42)N2c4ccccc4C=C[C@@H]32)cc1. The molecule has 4 heterocycles. The molecular weight excluding hydrogens is 470 g/mol. The zero-order valence-electron chi connectivity index (χ0n) is 19.8. The van der Waals surface area contributed by atoms with E-state index in [0.717, 1.165) is 11.3 Å². The summed E-state index contributed by atoms with van der Waals surface area (Å²) in [6, 6.07) is 20.2. The number of hydrogen-bond acceptors (Lipinski definition) is 7. The molecule has 3 aliphatic heterocycles. The zero-order valence-corrected chi connectivity index (χ0v) is 19.8. The Balaban J connectivity index is 1.38. The van der Waals surface area contributed by atoms with E-state index in [9.17, 15) is 14.4 Å². The van der Waals surface area contributed by atoms with Crippen LogP contribution in [0.25, 0.3) is 17.1 Å². The van der Waals surface area contributed by atoms with Gasteiger partial charge in [0.15, 0.2) is 0 Å². The first-order valence-electron chi connectivity index (χ1n) is 12.0. The number of hydrogen-bond donors (Lipinski definition) is 0. The number of aromatic nitrogens is 3. The lowest BCUT2D eigenvalue weighted by Gasteiger charge is -2.36. The minimum Gasteiger partial charge on any atom is -0.497 e. The number of rotatable bonds is 3. The maximum atomic E-state index is 14.2. The van der Waals surface area contributed by atoms with Gasteiger partial charge in [-0.1, -0.05) is 47.7 Å². The molecule has 0 spiro atoms. The van der Waals surface area contributed by atoms with Crippen LogP contribution < -0.4 is 14.5 Å². The molecule has 0 radical (unpaired) electrons. The Labute approximate surface area is 211 Å². The molecule has 3 aliphatic rings. The standard InChI is InChI=1S/C28H21N5O4/c1-37-18-13-11-17(12-14-18)31-26(34)23-22-15-10-16-6-2-4-8-20(16)32(22)25(24(23)27(31)35)28(36)33-21-9-5-3-7-19(21)29-30-33/h2-15,22-25H,1H3/t22-,23-,24-,25+/m0/s1. The first-order valence-corrected chi connectivity index (χ1v) is 12.0. The van der Waals surface area contributed by atoms with Crippen LogP contribution in [0.5, 0.6) is 5.75 Å². The molecule has 182 valence electrons. The van der Waals surface area contributed by atoms with Gasteiger partial charge >= 0.3 is 0 Å². The second kappa shape index (κ2) is 7.86. The lowest BCUT2D eigenvalue weighted by atomic mass is 9.88. The minimum atomic E-state index is -0.939. The first-order chi connectivity index (χ1) is 18.1. The van der Waals surface area contributed by atoms with Crippen molar-refractivity contribution in [1.29, 1.82) is 0 Å². The molecule has 4 atom stereocenters. The summed E-state index contributed by atoms with van der Waals surface area (Å²) in [4.78, 5) is 45.2. The molecule has 3 aromatic carbocycles. The molecule has 9 heteroatoms. The second-order valence-corrected chi connectivity index (χ2v) is 9.35. The van der Waals surface area contributed by atoms with Gasteiger partial charge in [-0.05, 0) is 48.0 Å². The Kier molecular flexibility index (Phi) is 4.56. The van der Waals surface area contributed by atoms with Crippen molar-refractivity contribution >= 4 is 46.2 Å². The highest BCUT2D eigenvalue weighted by molar-refractivity contribution is 6.25. The molecule has 4 aromatic rings. The molecule has 2 amide bonds. The van der Waals surface area contributed by atoms with Gasteiger partial charge in [-0.2, -0.15) is 4.68 Å². The summed E-state index contributed by atoms with van der Waals surface area (Å²) >= 11 is 0. The fourth-order valence-corrected chi connectivity index (χ4v) is 5.94. The molecule has 0 unspecified atom stereocenters. The van der Waals surface area contributed by atoms with E-state index in [1.54, 1.807) is 43.5 Å². The van der Waals surface area contributed by atoms with Crippen molar-refractivity contribution in [2.45, 2.75) is 12.1 Å². The average Bonchev–Trinajstić information content (AvgIpc) is 3.59. The van der Waals surface area contributed by atoms with Crippen LogP contribution in [0.1, 0.15) is 10.4 Å². The highest BCUT2D eigenvalue weighted by Crippen LogP contribution is 2.49. The van der Waals surface area contributed by atoms with Crippen LogP contribution in [0.4, 0.5) is 11.4 Å². The molecule has 0 N–H and O–H groups in total. The highest BCUT2D eigenvalue weighted by Gasteiger charge is 2.64. The van der Waals surface area contributed by atoms with Crippen LogP contribution in [0.2, 0.25) is 0 Å². The van der Waals surface area contributed by atoms with Crippen molar-refractivity contribution in [3.63, 3.8) is 0 Å². The molecule has 9 nitrogen and oxygen atoms in total. The molecule has 0 aliphatic carbocycles. The molecule has 0 bridgehead atoms. The fraction of sp³-hybridized carbons (Fsp3) is 0.179. The predicted octanol–water partition coefficient (Wildman–Crippen LogP) is 3.17. The lowest BCUT2D eigenvalue weighted by molar-refractivity contribution is -0.122. The first kappa shape index (κ1) is 21.5. The van der Waals surface area contributed by atoms with E-state index in [1.807, 2.05) is 53.5 Å². The van der Waals surface area contributed by atoms with Gasteiger partial charge in [0.2, 0.25) is 11.8 Å². The molecule has 2 fully saturated rings. The molecule has 7 rings (SSSR count). The highest BCUT2D eigenvalue weighted by atomic mass is 16.5. The Morgan fingerprint density at radius 3 is 2.43 bits per heavy atom. The summed E-state index contributed by atoms with van der Waals surface area (Å²) in [5.41, 5.74) is 3.32. The topological polar surface area (TPSA) is 97.6 Å². The van der Waals surface area contributed by atoms with Crippen LogP contribution in [-0.2, 0) is 9.59 Å². The van der Waals surface area contributed by atoms with Gasteiger partial charge in [-0.3, -0.25) is 14.4 Å². The molecular formula is C28H21N5O4. The fourth-order valence-electron chi connectivity index (χ4n) is 5.94. The van der Waals surface area contributed by atoms with Gasteiger partial charge in [0.1, 0.15) is 17.3 Å². The lowest BCUT2D eigenvalue weighted by Crippen LogP contribution is -2.50. The van der Waals surface area contributed by atoms with E-state index in [1.165, 1.54) is 9.58 Å². The van der Waals surface area contributed by atoms with Gasteiger partial charge in [-0.15, -0.1) is 5.10 Å². The number of imide groups is 1. The summed E-state index contributed by atoms with van der Waals surface area (Å²) < 4.78 is 6.48. The Bertz CT molecular complexity index is 1630. The van der Waals surface area contributed by atoms with E-state index in [4.69, 9.17) is 4.74 Å². The van der Waals surface area contributed by atoms with E-state index in [2.05, 4.69) is 10.3 Å². The smallest absolute Gasteiger partial charge is 0.272 e. The molecule has 0 saturated carbocycles. The van der Waals surface area contributed by atoms with E-state index in [0.29, 0.717) is 22.5 Å². The number of fused-ring (bicyclic) bond motifs is 6. The largest absolute Gasteiger partial charge is 0.497 e. The van der Waals surface area contributed by atoms with Crippen LogP contribution in [0.15, 0.2) is 78.9 Å². The van der Waals surface area contributed by atoms with Gasteiger partial charge in [0.05, 0.1) is 36.2 Å². The Morgan fingerprint density at radius 1 is 0.892 bits per heavy atom. The van der Waals surface area contributed by atoms with Gasteiger partial charge < -0.3 is 9.64 Å². The predicted molar refractivity (Wildman–Crippen MR) is 136 cm³/mol. The number of benzene rings is 3. The molecule has 1 aromatic heterocycles. The number of para-hydroxylation sites is 2. The van der Waals surface area contributed by atoms with Crippen molar-refractivity contribution in [2.24, 2.45) is 11.8 Å². The summed E-state index contributed by atoms with van der Waals surface area (Å²) in [5.74, 6) is -2.10. The maximum Gasteiger partial charge on any atom is 0.272 e. The number of carbonyl (C=O) groups is 3. The van der Waals surface area contributed by atoms with Crippen LogP contribution in [-0.4, -0.2) is 51.9 Å². The third-order valence-corrected chi connectivity index (χ3v) is 7.56. The normalized spacial score (nSPS) is 23.8. The quantitative estimate of drug-likeness (QED) is 0.406. The number of ether oxygens (including phenoxy) is 1.